The van der Waals surface area contributed by atoms with Gasteiger partial charge in [0.15, 0.2) is 9.84 Å². The van der Waals surface area contributed by atoms with Gasteiger partial charge >= 0.3 is 0 Å². The average Bonchev–Trinajstić information content (AvgIpc) is 2.91. The summed E-state index contributed by atoms with van der Waals surface area (Å²) in [6.07, 6.45) is 2.11. The monoisotopic (exact) mass is 379 g/mol. The molecule has 0 aliphatic carbocycles. The first-order valence-electron chi connectivity index (χ1n) is 7.83. The minimum absolute atomic E-state index is 0.111. The lowest BCUT2D eigenvalue weighted by atomic mass is 10.2. The number of nitrogens with one attached hydrogen (secondary N) is 2. The topological polar surface area (TPSA) is 88.2 Å². The van der Waals surface area contributed by atoms with Gasteiger partial charge in [-0.25, -0.2) is 13.4 Å². The fourth-order valence-electron chi connectivity index (χ4n) is 2.69. The second-order valence-electron chi connectivity index (χ2n) is 6.04. The van der Waals surface area contributed by atoms with Gasteiger partial charge in [-0.2, -0.15) is 0 Å². The molecule has 1 atom stereocenters. The number of amides is 1. The van der Waals surface area contributed by atoms with Crippen molar-refractivity contribution in [2.24, 2.45) is 0 Å². The Bertz CT molecular complexity index is 898. The van der Waals surface area contributed by atoms with Crippen LogP contribution in [-0.4, -0.2) is 36.9 Å². The van der Waals surface area contributed by atoms with Crippen LogP contribution in [0.5, 0.6) is 0 Å². The van der Waals surface area contributed by atoms with E-state index in [-0.39, 0.29) is 29.1 Å². The fraction of sp³-hybridized carbons (Fsp3) is 0.294. The molecule has 0 saturated carbocycles. The molecule has 25 heavy (non-hydrogen) atoms. The normalized spacial score (nSPS) is 18.7. The molecule has 3 rings (SSSR count). The Morgan fingerprint density at radius 3 is 2.72 bits per heavy atom. The van der Waals surface area contributed by atoms with E-state index in [1.165, 1.54) is 6.20 Å². The zero-order valence-electron chi connectivity index (χ0n) is 13.6. The van der Waals surface area contributed by atoms with E-state index in [1.807, 2.05) is 6.92 Å². The molecule has 132 valence electrons. The number of carbonyl (C=O) groups excluding carboxylic acids is 1. The summed E-state index contributed by atoms with van der Waals surface area (Å²) < 4.78 is 23.0. The van der Waals surface area contributed by atoms with Crippen LogP contribution in [0.15, 0.2) is 36.5 Å². The summed E-state index contributed by atoms with van der Waals surface area (Å²) in [5.41, 5.74) is 2.39. The van der Waals surface area contributed by atoms with E-state index < -0.39 is 9.84 Å². The summed E-state index contributed by atoms with van der Waals surface area (Å²) in [6, 6.07) is 8.50. The summed E-state index contributed by atoms with van der Waals surface area (Å²) in [5, 5.41) is 6.50. The second-order valence-corrected chi connectivity index (χ2v) is 8.68. The van der Waals surface area contributed by atoms with Crippen molar-refractivity contribution >= 4 is 38.7 Å². The van der Waals surface area contributed by atoms with Gasteiger partial charge < -0.3 is 10.6 Å². The fourth-order valence-corrected chi connectivity index (χ4v) is 4.54. The lowest BCUT2D eigenvalue weighted by Crippen LogP contribution is -2.21. The molecule has 1 unspecified atom stereocenters. The Kier molecular flexibility index (Phi) is 4.96. The summed E-state index contributed by atoms with van der Waals surface area (Å²) >= 11 is 6.05. The smallest absolute Gasteiger partial charge is 0.274 e. The van der Waals surface area contributed by atoms with Crippen LogP contribution in [-0.2, 0) is 9.84 Å². The quantitative estimate of drug-likeness (QED) is 0.852. The zero-order chi connectivity index (χ0) is 18.0. The molecule has 1 aliphatic heterocycles. The molecule has 0 spiro atoms. The molecule has 1 aromatic heterocycles. The van der Waals surface area contributed by atoms with Crippen molar-refractivity contribution in [2.75, 3.05) is 22.1 Å². The minimum Gasteiger partial charge on any atom is -0.380 e. The van der Waals surface area contributed by atoms with Crippen LogP contribution in [0.25, 0.3) is 0 Å². The second kappa shape index (κ2) is 7.01. The van der Waals surface area contributed by atoms with Gasteiger partial charge in [0.05, 0.1) is 23.4 Å². The average molecular weight is 380 g/mol. The van der Waals surface area contributed by atoms with Crippen molar-refractivity contribution < 1.29 is 13.2 Å². The molecular weight excluding hydrogens is 362 g/mol. The molecule has 1 fully saturated rings. The molecule has 1 aromatic carbocycles. The summed E-state index contributed by atoms with van der Waals surface area (Å²) in [7, 11) is -2.94. The number of hydrogen-bond donors (Lipinski definition) is 2. The van der Waals surface area contributed by atoms with Crippen molar-refractivity contribution in [3.63, 3.8) is 0 Å². The van der Waals surface area contributed by atoms with Crippen LogP contribution in [0.2, 0.25) is 5.02 Å². The van der Waals surface area contributed by atoms with Crippen LogP contribution in [0.4, 0.5) is 11.4 Å². The number of nitrogens with zero attached hydrogens (tertiary/aromatic N) is 1. The maximum absolute atomic E-state index is 12.3. The summed E-state index contributed by atoms with van der Waals surface area (Å²) in [4.78, 5) is 16.5. The Labute approximate surface area is 151 Å². The first-order valence-corrected chi connectivity index (χ1v) is 10.0. The predicted molar refractivity (Wildman–Crippen MR) is 99.1 cm³/mol. The van der Waals surface area contributed by atoms with Crippen molar-refractivity contribution in [3.8, 4) is 0 Å². The molecule has 6 nitrogen and oxygen atoms in total. The molecule has 2 N–H and O–H groups in total. The van der Waals surface area contributed by atoms with Gasteiger partial charge in [0.1, 0.15) is 5.69 Å². The van der Waals surface area contributed by atoms with Crippen LogP contribution in [0.3, 0.4) is 0 Å². The SMILES string of the molecule is Cc1c(Cl)cccc1NC(=O)c1ccc(NC2CCS(=O)(=O)C2)cn1. The first kappa shape index (κ1) is 17.7. The van der Waals surface area contributed by atoms with E-state index in [2.05, 4.69) is 15.6 Å². The number of sulfone groups is 1. The molecule has 0 bridgehead atoms. The third-order valence-electron chi connectivity index (χ3n) is 4.12. The number of anilines is 2. The van der Waals surface area contributed by atoms with Gasteiger partial charge in [-0.15, -0.1) is 0 Å². The molecule has 2 aromatic rings. The number of halogens is 1. The third-order valence-corrected chi connectivity index (χ3v) is 6.29. The van der Waals surface area contributed by atoms with Gasteiger partial charge in [-0.05, 0) is 43.2 Å². The maximum atomic E-state index is 12.3. The van der Waals surface area contributed by atoms with Crippen molar-refractivity contribution in [1.29, 1.82) is 0 Å². The number of rotatable bonds is 4. The van der Waals surface area contributed by atoms with E-state index in [9.17, 15) is 13.2 Å². The van der Waals surface area contributed by atoms with E-state index in [1.54, 1.807) is 30.3 Å². The molecule has 2 heterocycles. The third kappa shape index (κ3) is 4.29. The maximum Gasteiger partial charge on any atom is 0.274 e. The lowest BCUT2D eigenvalue weighted by Gasteiger charge is -2.12. The highest BCUT2D eigenvalue weighted by atomic mass is 35.5. The lowest BCUT2D eigenvalue weighted by molar-refractivity contribution is 0.102. The molecular formula is C17H18ClN3O3S. The molecule has 1 saturated heterocycles. The van der Waals surface area contributed by atoms with Gasteiger partial charge in [0.2, 0.25) is 0 Å². The Morgan fingerprint density at radius 2 is 2.08 bits per heavy atom. The molecule has 0 radical (unpaired) electrons. The van der Waals surface area contributed by atoms with Crippen molar-refractivity contribution in [2.45, 2.75) is 19.4 Å². The standard InChI is InChI=1S/C17H18ClN3O3S/c1-11-14(18)3-2-4-15(11)21-17(22)16-6-5-12(9-19-16)20-13-7-8-25(23,24)10-13/h2-6,9,13,20H,7-8,10H2,1H3,(H,21,22). The van der Waals surface area contributed by atoms with Crippen LogP contribution in [0.1, 0.15) is 22.5 Å². The van der Waals surface area contributed by atoms with E-state index >= 15 is 0 Å². The van der Waals surface area contributed by atoms with E-state index in [0.29, 0.717) is 22.8 Å². The number of pyridine rings is 1. The van der Waals surface area contributed by atoms with Gasteiger partial charge in [0, 0.05) is 16.8 Å². The van der Waals surface area contributed by atoms with Gasteiger partial charge in [0.25, 0.3) is 5.91 Å². The number of aromatic nitrogens is 1. The Balaban J connectivity index is 1.65. The predicted octanol–water partition coefficient (Wildman–Crippen LogP) is 2.89. The summed E-state index contributed by atoms with van der Waals surface area (Å²) in [5.74, 6) is 0.00118. The van der Waals surface area contributed by atoms with Crippen molar-refractivity contribution in [3.05, 3.63) is 52.8 Å². The van der Waals surface area contributed by atoms with E-state index in [4.69, 9.17) is 11.6 Å². The number of hydrogen-bond acceptors (Lipinski definition) is 5. The van der Waals surface area contributed by atoms with Gasteiger partial charge in [-0.3, -0.25) is 4.79 Å². The first-order chi connectivity index (χ1) is 11.8. The number of benzene rings is 1. The molecule has 1 aliphatic rings. The van der Waals surface area contributed by atoms with Crippen LogP contribution >= 0.6 is 11.6 Å². The Hall–Kier alpha value is -2.12. The van der Waals surface area contributed by atoms with Crippen LogP contribution < -0.4 is 10.6 Å². The Morgan fingerprint density at radius 1 is 1.28 bits per heavy atom. The molecule has 1 amide bonds. The highest BCUT2D eigenvalue weighted by Gasteiger charge is 2.27. The summed E-state index contributed by atoms with van der Waals surface area (Å²) in [6.45, 7) is 1.83. The minimum atomic E-state index is -2.94. The van der Waals surface area contributed by atoms with Crippen LogP contribution in [0, 0.1) is 6.92 Å². The number of carbonyl (C=O) groups is 1. The highest BCUT2D eigenvalue weighted by molar-refractivity contribution is 7.91. The molecule has 8 heteroatoms. The zero-order valence-corrected chi connectivity index (χ0v) is 15.2. The van der Waals surface area contributed by atoms with Gasteiger partial charge in [-0.1, -0.05) is 17.7 Å². The van der Waals surface area contributed by atoms with E-state index in [0.717, 1.165) is 5.56 Å². The van der Waals surface area contributed by atoms with Crippen molar-refractivity contribution in [1.82, 2.24) is 4.98 Å². The highest BCUT2D eigenvalue weighted by Crippen LogP contribution is 2.23. The largest absolute Gasteiger partial charge is 0.380 e.